The third kappa shape index (κ3) is 9.42. The second-order valence-corrected chi connectivity index (χ2v) is 15.4. The molecule has 2 saturated carbocycles. The molecule has 49 heavy (non-hydrogen) atoms. The molecule has 2 aromatic heterocycles. The monoisotopic (exact) mass is 706 g/mol. The Morgan fingerprint density at radius 3 is 1.94 bits per heavy atom. The molecular weight excluding hydrogens is 655 g/mol. The number of carbonyl (C=O) groups is 2. The van der Waals surface area contributed by atoms with Crippen LogP contribution in [0.4, 0.5) is 0 Å². The highest BCUT2D eigenvalue weighted by atomic mass is 35.5. The Bertz CT molecular complexity index is 1670. The molecule has 0 bridgehead atoms. The van der Waals surface area contributed by atoms with Crippen LogP contribution in [0.5, 0.6) is 0 Å². The zero-order valence-electron chi connectivity index (χ0n) is 28.6. The van der Waals surface area contributed by atoms with Crippen molar-refractivity contribution in [2.45, 2.75) is 115 Å². The molecule has 2 aromatic carbocycles. The lowest BCUT2D eigenvalue weighted by molar-refractivity contribution is -0.138. The number of hydrogen-bond acceptors (Lipinski definition) is 3. The molecule has 1 amide bonds. The first-order valence-corrected chi connectivity index (χ1v) is 19.4. The normalized spacial score (nSPS) is 23.4. The van der Waals surface area contributed by atoms with Crippen molar-refractivity contribution < 1.29 is 14.7 Å². The van der Waals surface area contributed by atoms with Gasteiger partial charge in [-0.15, -0.1) is 0 Å². The van der Waals surface area contributed by atoms with Crippen molar-refractivity contribution in [1.29, 1.82) is 0 Å². The highest BCUT2D eigenvalue weighted by Crippen LogP contribution is 2.36. The predicted molar refractivity (Wildman–Crippen MR) is 201 cm³/mol. The molecule has 2 aliphatic heterocycles. The SMILES string of the molecule is C1CCC2NCCCC2C1.O=C(CCc1c[nH]c2ccc(Cl)cc12)N1CCCC2CCCCC21.O=C(O)CCc1c[nH]c2ccc(Cl)cc12. The molecule has 4 N–H and O–H groups in total. The molecule has 4 atom stereocenters. The Balaban J connectivity index is 0.000000141. The van der Waals surface area contributed by atoms with E-state index in [4.69, 9.17) is 28.3 Å². The number of amides is 1. The number of piperidine rings is 2. The molecule has 4 fully saturated rings. The summed E-state index contributed by atoms with van der Waals surface area (Å²) in [6.07, 6.45) is 22.4. The fourth-order valence-corrected chi connectivity index (χ4v) is 9.09. The molecule has 264 valence electrons. The summed E-state index contributed by atoms with van der Waals surface area (Å²) in [5, 5.41) is 15.8. The molecule has 4 aromatic rings. The molecule has 4 unspecified atom stereocenters. The first-order valence-electron chi connectivity index (χ1n) is 18.6. The van der Waals surface area contributed by atoms with Crippen molar-refractivity contribution in [2.75, 3.05) is 13.1 Å². The summed E-state index contributed by atoms with van der Waals surface area (Å²) >= 11 is 12.0. The average Bonchev–Trinajstić information content (AvgIpc) is 3.73. The fraction of sp³-hybridized carbons (Fsp3) is 0.550. The quantitative estimate of drug-likeness (QED) is 0.160. The minimum Gasteiger partial charge on any atom is -0.481 e. The number of hydrogen-bond donors (Lipinski definition) is 4. The molecule has 4 heterocycles. The number of aryl methyl sites for hydroxylation is 2. The molecule has 2 saturated heterocycles. The molecule has 9 heteroatoms. The van der Waals surface area contributed by atoms with Gasteiger partial charge in [-0.25, -0.2) is 0 Å². The summed E-state index contributed by atoms with van der Waals surface area (Å²) in [5.74, 6) is 1.35. The number of carboxylic acids is 1. The number of carbonyl (C=O) groups excluding carboxylic acids is 1. The van der Waals surface area contributed by atoms with Gasteiger partial charge >= 0.3 is 5.97 Å². The molecule has 4 aliphatic rings. The van der Waals surface area contributed by atoms with Crippen LogP contribution in [0.15, 0.2) is 48.8 Å². The number of carboxylic acid groups (broad SMARTS) is 1. The summed E-state index contributed by atoms with van der Waals surface area (Å²) in [4.78, 5) is 31.9. The van der Waals surface area contributed by atoms with Crippen molar-refractivity contribution in [3.63, 3.8) is 0 Å². The van der Waals surface area contributed by atoms with Gasteiger partial charge in [-0.2, -0.15) is 0 Å². The number of nitrogens with one attached hydrogen (secondary N) is 3. The van der Waals surface area contributed by atoms with E-state index in [9.17, 15) is 9.59 Å². The minimum absolute atomic E-state index is 0.138. The van der Waals surface area contributed by atoms with Crippen molar-refractivity contribution in [3.05, 3.63) is 70.0 Å². The van der Waals surface area contributed by atoms with E-state index < -0.39 is 5.97 Å². The van der Waals surface area contributed by atoms with Gasteiger partial charge in [0.25, 0.3) is 0 Å². The molecular formula is C40H52Cl2N4O3. The van der Waals surface area contributed by atoms with Gasteiger partial charge in [0.1, 0.15) is 0 Å². The van der Waals surface area contributed by atoms with E-state index in [1.165, 1.54) is 89.2 Å². The van der Waals surface area contributed by atoms with Gasteiger partial charge in [-0.3, -0.25) is 9.59 Å². The van der Waals surface area contributed by atoms with E-state index in [0.29, 0.717) is 29.8 Å². The summed E-state index contributed by atoms with van der Waals surface area (Å²) < 4.78 is 0. The number of aromatic amines is 2. The predicted octanol–water partition coefficient (Wildman–Crippen LogP) is 9.70. The van der Waals surface area contributed by atoms with Crippen LogP contribution < -0.4 is 5.32 Å². The second kappa shape index (κ2) is 17.3. The Labute approximate surface area is 300 Å². The maximum Gasteiger partial charge on any atom is 0.303 e. The van der Waals surface area contributed by atoms with E-state index in [0.717, 1.165) is 63.2 Å². The summed E-state index contributed by atoms with van der Waals surface area (Å²) in [6.45, 7) is 2.24. The van der Waals surface area contributed by atoms with Gasteiger partial charge in [0.2, 0.25) is 5.91 Å². The standard InChI is InChI=1S/C20H25ClN2O.C11H10ClNO2.C9H17N/c21-16-8-9-18-17(12-16)15(13-22-18)7-10-20(24)23-11-3-5-14-4-1-2-6-19(14)23;12-8-2-3-10-9(5-8)7(6-13-10)1-4-11(14)15;1-2-6-9-8(4-1)5-3-7-10-9/h8-9,12-14,19,22H,1-7,10-11H2;2-3,5-6,13H,1,4H2,(H,14,15);8-10H,1-7H2. The van der Waals surface area contributed by atoms with Crippen LogP contribution in [0.2, 0.25) is 10.0 Å². The summed E-state index contributed by atoms with van der Waals surface area (Å²) in [6, 6.07) is 12.9. The van der Waals surface area contributed by atoms with Crippen molar-refractivity contribution in [1.82, 2.24) is 20.2 Å². The van der Waals surface area contributed by atoms with E-state index in [1.54, 1.807) is 6.07 Å². The first kappa shape index (κ1) is 35.8. The zero-order valence-corrected chi connectivity index (χ0v) is 30.1. The Hall–Kier alpha value is -3.00. The van der Waals surface area contributed by atoms with Crippen LogP contribution in [-0.2, 0) is 22.4 Å². The van der Waals surface area contributed by atoms with Crippen molar-refractivity contribution >= 4 is 56.9 Å². The maximum atomic E-state index is 12.8. The van der Waals surface area contributed by atoms with Crippen LogP contribution in [0.1, 0.15) is 101 Å². The first-order chi connectivity index (χ1) is 23.9. The zero-order chi connectivity index (χ0) is 34.2. The largest absolute Gasteiger partial charge is 0.481 e. The number of H-pyrrole nitrogens is 2. The van der Waals surface area contributed by atoms with Crippen molar-refractivity contribution in [3.8, 4) is 0 Å². The number of benzene rings is 2. The highest BCUT2D eigenvalue weighted by molar-refractivity contribution is 6.31. The molecule has 0 radical (unpaired) electrons. The topological polar surface area (TPSA) is 101 Å². The minimum atomic E-state index is -0.786. The van der Waals surface area contributed by atoms with Crippen LogP contribution >= 0.6 is 23.2 Å². The van der Waals surface area contributed by atoms with Gasteiger partial charge in [-0.05, 0) is 130 Å². The van der Waals surface area contributed by atoms with Gasteiger partial charge in [-0.1, -0.05) is 48.9 Å². The van der Waals surface area contributed by atoms with Crippen LogP contribution in [-0.4, -0.2) is 57.0 Å². The number of halogens is 2. The second-order valence-electron chi connectivity index (χ2n) is 14.5. The lowest BCUT2D eigenvalue weighted by atomic mass is 9.78. The fourth-order valence-electron chi connectivity index (χ4n) is 8.75. The third-order valence-corrected chi connectivity index (χ3v) is 11.8. The number of nitrogens with zero attached hydrogens (tertiary/aromatic N) is 1. The average molecular weight is 708 g/mol. The number of likely N-dealkylation sites (tertiary alicyclic amines) is 1. The highest BCUT2D eigenvalue weighted by Gasteiger charge is 2.35. The van der Waals surface area contributed by atoms with Gasteiger partial charge in [0.05, 0.1) is 0 Å². The van der Waals surface area contributed by atoms with Gasteiger partial charge < -0.3 is 25.3 Å². The Kier molecular flexibility index (Phi) is 12.6. The van der Waals surface area contributed by atoms with Crippen LogP contribution in [0.25, 0.3) is 21.8 Å². The Morgan fingerprint density at radius 1 is 0.714 bits per heavy atom. The van der Waals surface area contributed by atoms with E-state index >= 15 is 0 Å². The smallest absolute Gasteiger partial charge is 0.303 e. The van der Waals surface area contributed by atoms with Crippen molar-refractivity contribution in [2.24, 2.45) is 11.8 Å². The van der Waals surface area contributed by atoms with Crippen LogP contribution in [0.3, 0.4) is 0 Å². The maximum absolute atomic E-state index is 12.8. The van der Waals surface area contributed by atoms with E-state index in [1.807, 2.05) is 42.7 Å². The number of fused-ring (bicyclic) bond motifs is 4. The molecule has 0 spiro atoms. The molecule has 2 aliphatic carbocycles. The number of rotatable bonds is 6. The third-order valence-electron chi connectivity index (χ3n) is 11.3. The summed E-state index contributed by atoms with van der Waals surface area (Å²) in [5.41, 5.74) is 4.26. The van der Waals surface area contributed by atoms with E-state index in [-0.39, 0.29) is 6.42 Å². The van der Waals surface area contributed by atoms with E-state index in [2.05, 4.69) is 20.2 Å². The summed E-state index contributed by atoms with van der Waals surface area (Å²) in [7, 11) is 0. The Morgan fingerprint density at radius 2 is 1.29 bits per heavy atom. The molecule has 8 rings (SSSR count). The lowest BCUT2D eigenvalue weighted by Gasteiger charge is -2.44. The number of aromatic nitrogens is 2. The van der Waals surface area contributed by atoms with Gasteiger partial charge in [0, 0.05) is 75.7 Å². The number of aliphatic carboxylic acids is 1. The van der Waals surface area contributed by atoms with Crippen LogP contribution in [0, 0.1) is 11.8 Å². The molecule has 7 nitrogen and oxygen atoms in total. The lowest BCUT2D eigenvalue weighted by Crippen LogP contribution is -2.49. The van der Waals surface area contributed by atoms with Gasteiger partial charge in [0.15, 0.2) is 0 Å².